The summed E-state index contributed by atoms with van der Waals surface area (Å²) in [4.78, 5) is 2.48. The summed E-state index contributed by atoms with van der Waals surface area (Å²) < 4.78 is 0. The van der Waals surface area contributed by atoms with Crippen LogP contribution in [0.15, 0.2) is 48.5 Å². The van der Waals surface area contributed by atoms with E-state index in [0.29, 0.717) is 0 Å². The monoisotopic (exact) mass is 280 g/mol. The van der Waals surface area contributed by atoms with Crippen LogP contribution in [0.2, 0.25) is 0 Å². The summed E-state index contributed by atoms with van der Waals surface area (Å²) in [7, 11) is 0. The van der Waals surface area contributed by atoms with E-state index in [4.69, 9.17) is 0 Å². The molecule has 110 valence electrons. The highest BCUT2D eigenvalue weighted by Gasteiger charge is 2.15. The molecule has 0 amide bonds. The molecule has 0 aromatic heterocycles. The van der Waals surface area contributed by atoms with Crippen LogP contribution in [0.5, 0.6) is 0 Å². The highest BCUT2D eigenvalue weighted by Crippen LogP contribution is 2.24. The molecule has 2 aromatic rings. The SMILES string of the molecule is CCCNCc1ccc(N2CCc3ccccc3C2)cc1. The number of benzene rings is 2. The molecule has 0 atom stereocenters. The van der Waals surface area contributed by atoms with E-state index in [2.05, 4.69) is 65.7 Å². The van der Waals surface area contributed by atoms with E-state index in [1.54, 1.807) is 0 Å². The molecular weight excluding hydrogens is 256 g/mol. The van der Waals surface area contributed by atoms with Crippen molar-refractivity contribution < 1.29 is 0 Å². The van der Waals surface area contributed by atoms with Crippen molar-refractivity contribution >= 4 is 5.69 Å². The van der Waals surface area contributed by atoms with Crippen LogP contribution >= 0.6 is 0 Å². The summed E-state index contributed by atoms with van der Waals surface area (Å²) in [6.07, 6.45) is 2.33. The Labute approximate surface area is 127 Å². The van der Waals surface area contributed by atoms with Crippen molar-refractivity contribution in [2.75, 3.05) is 18.0 Å². The first kappa shape index (κ1) is 14.2. The quantitative estimate of drug-likeness (QED) is 0.839. The Hall–Kier alpha value is -1.80. The zero-order valence-electron chi connectivity index (χ0n) is 12.8. The van der Waals surface area contributed by atoms with Gasteiger partial charge >= 0.3 is 0 Å². The number of nitrogens with one attached hydrogen (secondary N) is 1. The third-order valence-electron chi connectivity index (χ3n) is 4.19. The molecule has 0 spiro atoms. The second-order valence-electron chi connectivity index (χ2n) is 5.78. The van der Waals surface area contributed by atoms with Gasteiger partial charge in [0.2, 0.25) is 0 Å². The van der Waals surface area contributed by atoms with Crippen LogP contribution in [0.4, 0.5) is 5.69 Å². The van der Waals surface area contributed by atoms with E-state index in [1.165, 1.54) is 28.8 Å². The molecule has 1 aliphatic rings. The Balaban J connectivity index is 1.65. The van der Waals surface area contributed by atoms with Crippen molar-refractivity contribution in [1.29, 1.82) is 0 Å². The zero-order valence-corrected chi connectivity index (χ0v) is 12.8. The molecule has 0 saturated heterocycles. The Morgan fingerprint density at radius 1 is 1.00 bits per heavy atom. The Kier molecular flexibility index (Phi) is 4.56. The largest absolute Gasteiger partial charge is 0.367 e. The van der Waals surface area contributed by atoms with Gasteiger partial charge in [0.25, 0.3) is 0 Å². The van der Waals surface area contributed by atoms with Crippen molar-refractivity contribution in [1.82, 2.24) is 5.32 Å². The minimum Gasteiger partial charge on any atom is -0.367 e. The van der Waals surface area contributed by atoms with Crippen LogP contribution < -0.4 is 10.2 Å². The van der Waals surface area contributed by atoms with Gasteiger partial charge < -0.3 is 10.2 Å². The molecule has 0 bridgehead atoms. The predicted molar refractivity (Wildman–Crippen MR) is 89.6 cm³/mol. The highest BCUT2D eigenvalue weighted by atomic mass is 15.1. The lowest BCUT2D eigenvalue weighted by atomic mass is 9.99. The van der Waals surface area contributed by atoms with Gasteiger partial charge in [-0.05, 0) is 48.2 Å². The van der Waals surface area contributed by atoms with Gasteiger partial charge in [0, 0.05) is 25.3 Å². The van der Waals surface area contributed by atoms with E-state index < -0.39 is 0 Å². The topological polar surface area (TPSA) is 15.3 Å². The van der Waals surface area contributed by atoms with Crippen LogP contribution in [0, 0.1) is 0 Å². The second kappa shape index (κ2) is 6.77. The molecule has 21 heavy (non-hydrogen) atoms. The maximum Gasteiger partial charge on any atom is 0.0432 e. The summed E-state index contributed by atoms with van der Waals surface area (Å²) in [5.74, 6) is 0. The number of rotatable bonds is 5. The first-order valence-corrected chi connectivity index (χ1v) is 7.98. The number of anilines is 1. The zero-order chi connectivity index (χ0) is 14.5. The van der Waals surface area contributed by atoms with Crippen LogP contribution in [0.25, 0.3) is 0 Å². The third kappa shape index (κ3) is 3.45. The van der Waals surface area contributed by atoms with Gasteiger partial charge in [0.05, 0.1) is 0 Å². The molecular formula is C19H24N2. The van der Waals surface area contributed by atoms with E-state index in [9.17, 15) is 0 Å². The number of hydrogen-bond donors (Lipinski definition) is 1. The van der Waals surface area contributed by atoms with Crippen molar-refractivity contribution in [2.45, 2.75) is 32.9 Å². The van der Waals surface area contributed by atoms with Crippen LogP contribution in [-0.4, -0.2) is 13.1 Å². The van der Waals surface area contributed by atoms with Gasteiger partial charge in [0.15, 0.2) is 0 Å². The van der Waals surface area contributed by atoms with Gasteiger partial charge in [-0.15, -0.1) is 0 Å². The molecule has 0 radical (unpaired) electrons. The van der Waals surface area contributed by atoms with Crippen LogP contribution in [0.1, 0.15) is 30.0 Å². The molecule has 3 rings (SSSR count). The Morgan fingerprint density at radius 2 is 1.76 bits per heavy atom. The molecule has 1 heterocycles. The normalized spacial score (nSPS) is 14.0. The number of fused-ring (bicyclic) bond motifs is 1. The molecule has 0 aliphatic carbocycles. The average molecular weight is 280 g/mol. The lowest BCUT2D eigenvalue weighted by Crippen LogP contribution is -2.30. The Bertz CT molecular complexity index is 574. The van der Waals surface area contributed by atoms with E-state index in [-0.39, 0.29) is 0 Å². The molecule has 2 heteroatoms. The average Bonchev–Trinajstić information content (AvgIpc) is 2.55. The molecule has 2 nitrogen and oxygen atoms in total. The predicted octanol–water partition coefficient (Wildman–Crippen LogP) is 3.75. The molecule has 0 saturated carbocycles. The summed E-state index contributed by atoms with van der Waals surface area (Å²) >= 11 is 0. The van der Waals surface area contributed by atoms with Crippen LogP contribution in [0.3, 0.4) is 0 Å². The van der Waals surface area contributed by atoms with E-state index in [1.807, 2.05) is 0 Å². The summed E-state index contributed by atoms with van der Waals surface area (Å²) in [6.45, 7) is 6.40. The lowest BCUT2D eigenvalue weighted by molar-refractivity contribution is 0.675. The van der Waals surface area contributed by atoms with Gasteiger partial charge in [-0.1, -0.05) is 43.3 Å². The summed E-state index contributed by atoms with van der Waals surface area (Å²) in [5.41, 5.74) is 5.68. The summed E-state index contributed by atoms with van der Waals surface area (Å²) in [6, 6.07) is 17.8. The van der Waals surface area contributed by atoms with Crippen LogP contribution in [-0.2, 0) is 19.5 Å². The van der Waals surface area contributed by atoms with Crippen molar-refractivity contribution in [3.63, 3.8) is 0 Å². The minimum absolute atomic E-state index is 0.969. The molecule has 2 aromatic carbocycles. The highest BCUT2D eigenvalue weighted by molar-refractivity contribution is 5.50. The van der Waals surface area contributed by atoms with Crippen molar-refractivity contribution in [3.8, 4) is 0 Å². The molecule has 1 aliphatic heterocycles. The second-order valence-corrected chi connectivity index (χ2v) is 5.78. The fourth-order valence-electron chi connectivity index (χ4n) is 2.95. The van der Waals surface area contributed by atoms with E-state index in [0.717, 1.165) is 32.6 Å². The fraction of sp³-hybridized carbons (Fsp3) is 0.368. The first-order valence-electron chi connectivity index (χ1n) is 7.98. The van der Waals surface area contributed by atoms with Crippen molar-refractivity contribution in [2.24, 2.45) is 0 Å². The minimum atomic E-state index is 0.969. The van der Waals surface area contributed by atoms with E-state index >= 15 is 0 Å². The molecule has 0 unspecified atom stereocenters. The number of hydrogen-bond acceptors (Lipinski definition) is 2. The standard InChI is InChI=1S/C19H24N2/c1-2-12-20-14-16-7-9-19(10-8-16)21-13-11-17-5-3-4-6-18(17)15-21/h3-10,20H,2,11-15H2,1H3. The first-order chi connectivity index (χ1) is 10.4. The fourth-order valence-corrected chi connectivity index (χ4v) is 2.95. The van der Waals surface area contributed by atoms with Crippen molar-refractivity contribution in [3.05, 3.63) is 65.2 Å². The third-order valence-corrected chi connectivity index (χ3v) is 4.19. The molecule has 0 fully saturated rings. The number of nitrogens with zero attached hydrogens (tertiary/aromatic N) is 1. The maximum absolute atomic E-state index is 3.45. The van der Waals surface area contributed by atoms with Gasteiger partial charge in [-0.3, -0.25) is 0 Å². The smallest absolute Gasteiger partial charge is 0.0432 e. The van der Waals surface area contributed by atoms with Gasteiger partial charge in [0.1, 0.15) is 0 Å². The van der Waals surface area contributed by atoms with Gasteiger partial charge in [-0.2, -0.15) is 0 Å². The van der Waals surface area contributed by atoms with Gasteiger partial charge in [-0.25, -0.2) is 0 Å². The maximum atomic E-state index is 3.45. The lowest BCUT2D eigenvalue weighted by Gasteiger charge is -2.30. The summed E-state index contributed by atoms with van der Waals surface area (Å²) in [5, 5.41) is 3.45. The molecule has 1 N–H and O–H groups in total. The Morgan fingerprint density at radius 3 is 2.52 bits per heavy atom.